The van der Waals surface area contributed by atoms with Crippen LogP contribution in [0.25, 0.3) is 0 Å². The zero-order chi connectivity index (χ0) is 19.2. The fourth-order valence-corrected chi connectivity index (χ4v) is 2.58. The molecule has 0 aliphatic rings. The number of anilines is 2. The summed E-state index contributed by atoms with van der Waals surface area (Å²) >= 11 is 5.72. The highest BCUT2D eigenvalue weighted by Gasteiger charge is 2.18. The Kier molecular flexibility index (Phi) is 6.71. The number of aromatic nitrogens is 2. The van der Waals surface area contributed by atoms with Crippen LogP contribution in [0.2, 0.25) is 5.02 Å². The van der Waals surface area contributed by atoms with E-state index in [1.54, 1.807) is 0 Å². The van der Waals surface area contributed by atoms with Crippen molar-refractivity contribution in [2.45, 2.75) is 0 Å². The third-order valence-electron chi connectivity index (χ3n) is 3.13. The third kappa shape index (κ3) is 5.28. The van der Waals surface area contributed by atoms with Gasteiger partial charge in [0.2, 0.25) is 11.7 Å². The summed E-state index contributed by atoms with van der Waals surface area (Å²) < 4.78 is 36.1. The number of nitrogens with zero attached hydrogens (tertiary/aromatic N) is 4. The van der Waals surface area contributed by atoms with Crippen LogP contribution < -0.4 is 15.4 Å². The molecule has 0 radical (unpaired) electrons. The molecule has 0 aliphatic carbocycles. The molecular weight excluding hydrogens is 389 g/mol. The van der Waals surface area contributed by atoms with E-state index in [4.69, 9.17) is 11.6 Å². The molecule has 1 heterocycles. The van der Waals surface area contributed by atoms with Crippen LogP contribution in [0.4, 0.5) is 15.9 Å². The molecule has 1 atom stereocenters. The van der Waals surface area contributed by atoms with Gasteiger partial charge >= 0.3 is 0 Å². The number of halogens is 2. The first-order valence-corrected chi connectivity index (χ1v) is 9.52. The Labute approximate surface area is 154 Å². The van der Waals surface area contributed by atoms with Gasteiger partial charge in [-0.1, -0.05) is 16.8 Å². The van der Waals surface area contributed by atoms with Crippen molar-refractivity contribution in [3.05, 3.63) is 34.7 Å². The average Bonchev–Trinajstić information content (AvgIpc) is 3.08. The highest BCUT2D eigenvalue weighted by Crippen LogP contribution is 2.20. The molecular formula is C13H17ClFN7O3S. The Balaban J connectivity index is 2.04. The van der Waals surface area contributed by atoms with Gasteiger partial charge in [0.15, 0.2) is 5.69 Å². The van der Waals surface area contributed by atoms with E-state index in [2.05, 4.69) is 39.8 Å². The van der Waals surface area contributed by atoms with E-state index in [9.17, 15) is 13.8 Å². The predicted octanol–water partition coefficient (Wildman–Crippen LogP) is 1.75. The van der Waals surface area contributed by atoms with Gasteiger partial charge in [-0.25, -0.2) is 22.3 Å². The van der Waals surface area contributed by atoms with Gasteiger partial charge in [-0.15, -0.1) is 0 Å². The number of oxime groups is 1. The van der Waals surface area contributed by atoms with Gasteiger partial charge in [0, 0.05) is 32.1 Å². The van der Waals surface area contributed by atoms with Crippen molar-refractivity contribution in [1.29, 1.82) is 0 Å². The molecule has 142 valence electrons. The summed E-state index contributed by atoms with van der Waals surface area (Å²) in [7, 11) is -0.976. The molecule has 2 aromatic rings. The second-order valence-corrected chi connectivity index (χ2v) is 7.64. The number of rotatable bonds is 7. The first-order chi connectivity index (χ1) is 12.4. The smallest absolute Gasteiger partial charge is 0.203 e. The molecule has 0 spiro atoms. The van der Waals surface area contributed by atoms with Gasteiger partial charge in [0.1, 0.15) is 15.7 Å². The Morgan fingerprint density at radius 1 is 1.42 bits per heavy atom. The fraction of sp³-hybridized carbons (Fsp3) is 0.308. The Bertz CT molecular complexity index is 911. The van der Waals surface area contributed by atoms with E-state index < -0.39 is 15.7 Å². The van der Waals surface area contributed by atoms with Crippen molar-refractivity contribution < 1.29 is 18.4 Å². The number of benzene rings is 1. The zero-order valence-electron chi connectivity index (χ0n) is 13.9. The first kappa shape index (κ1) is 19.9. The number of amidine groups is 1. The predicted molar refractivity (Wildman–Crippen MR) is 96.6 cm³/mol. The summed E-state index contributed by atoms with van der Waals surface area (Å²) in [5, 5.41) is 25.2. The lowest BCUT2D eigenvalue weighted by Crippen LogP contribution is -2.28. The van der Waals surface area contributed by atoms with E-state index >= 15 is 0 Å². The number of hydrogen-bond acceptors (Lipinski definition) is 8. The van der Waals surface area contributed by atoms with Gasteiger partial charge in [0.25, 0.3) is 0 Å². The minimum Gasteiger partial charge on any atom is -0.409 e. The van der Waals surface area contributed by atoms with Crippen molar-refractivity contribution >= 4 is 38.9 Å². The molecule has 0 fully saturated rings. The van der Waals surface area contributed by atoms with Crippen LogP contribution in [0.3, 0.4) is 0 Å². The summed E-state index contributed by atoms with van der Waals surface area (Å²) in [4.78, 5) is 0. The van der Waals surface area contributed by atoms with E-state index in [1.807, 2.05) is 0 Å². The normalized spacial score (nSPS) is 13.9. The van der Waals surface area contributed by atoms with Gasteiger partial charge in [-0.2, -0.15) is 0 Å². The summed E-state index contributed by atoms with van der Waals surface area (Å²) in [6, 6.07) is 3.88. The van der Waals surface area contributed by atoms with Crippen LogP contribution in [0, 0.1) is 5.82 Å². The topological polar surface area (TPSA) is 137 Å². The Hall–Kier alpha value is -2.44. The summed E-state index contributed by atoms with van der Waals surface area (Å²) in [5.41, 5.74) is 0.459. The fourth-order valence-electron chi connectivity index (χ4n) is 1.79. The molecule has 10 nitrogen and oxygen atoms in total. The highest BCUT2D eigenvalue weighted by atomic mass is 35.5. The van der Waals surface area contributed by atoms with E-state index in [1.165, 1.54) is 25.4 Å². The second kappa shape index (κ2) is 8.78. The van der Waals surface area contributed by atoms with Gasteiger partial charge in [-0.05, 0) is 28.5 Å². The molecule has 4 N–H and O–H groups in total. The van der Waals surface area contributed by atoms with Crippen molar-refractivity contribution in [2.24, 2.45) is 9.52 Å². The van der Waals surface area contributed by atoms with Crippen molar-refractivity contribution in [3.8, 4) is 0 Å². The molecule has 0 aliphatic heterocycles. The number of nitrogens with one attached hydrogen (secondary N) is 3. The maximum absolute atomic E-state index is 13.2. The summed E-state index contributed by atoms with van der Waals surface area (Å²) in [5.74, 6) is -0.479. The van der Waals surface area contributed by atoms with Crippen LogP contribution in [-0.2, 0) is 9.92 Å². The SMILES string of the molecule is CN=S(C)(=O)NCCNc1nonc1/C(=N/O)Nc1ccc(F)c(Cl)c1. The molecule has 0 saturated heterocycles. The molecule has 1 unspecified atom stereocenters. The standard InChI is InChI=1S/C13H17ClFN7O3S/c1-16-26(2,24)18-6-5-17-12-11(21-25-22-12)13(20-23)19-8-3-4-10(15)9(14)7-8/h3-4,7,23H,5-6H2,1-2H3,(H,17,22)(H,19,20)(H,16,18,24). The van der Waals surface area contributed by atoms with Crippen LogP contribution in [0.15, 0.2) is 32.3 Å². The second-order valence-electron chi connectivity index (χ2n) is 4.97. The molecule has 2 rings (SSSR count). The van der Waals surface area contributed by atoms with Crippen molar-refractivity contribution in [1.82, 2.24) is 15.0 Å². The lowest BCUT2D eigenvalue weighted by molar-refractivity contribution is 0.305. The van der Waals surface area contributed by atoms with Gasteiger partial charge < -0.3 is 15.8 Å². The monoisotopic (exact) mass is 405 g/mol. The maximum Gasteiger partial charge on any atom is 0.203 e. The maximum atomic E-state index is 13.2. The molecule has 26 heavy (non-hydrogen) atoms. The van der Waals surface area contributed by atoms with Gasteiger partial charge in [-0.3, -0.25) is 0 Å². The first-order valence-electron chi connectivity index (χ1n) is 7.22. The summed E-state index contributed by atoms with van der Waals surface area (Å²) in [6.07, 6.45) is 1.48. The van der Waals surface area contributed by atoms with Crippen molar-refractivity contribution in [2.75, 3.05) is 37.0 Å². The molecule has 0 saturated carbocycles. The lowest BCUT2D eigenvalue weighted by atomic mass is 10.3. The van der Waals surface area contributed by atoms with E-state index in [0.717, 1.165) is 6.07 Å². The van der Waals surface area contributed by atoms with E-state index in [-0.39, 0.29) is 22.4 Å². The molecule has 1 aromatic carbocycles. The van der Waals surface area contributed by atoms with Crippen LogP contribution in [0.5, 0.6) is 0 Å². The minimum absolute atomic E-state index is 0.0883. The average molecular weight is 406 g/mol. The minimum atomic E-state index is -2.43. The van der Waals surface area contributed by atoms with Crippen LogP contribution in [-0.4, -0.2) is 52.0 Å². The molecule has 0 amide bonds. The third-order valence-corrected chi connectivity index (χ3v) is 4.86. The molecule has 0 bridgehead atoms. The molecule has 1 aromatic heterocycles. The molecule has 13 heteroatoms. The van der Waals surface area contributed by atoms with Crippen molar-refractivity contribution in [3.63, 3.8) is 0 Å². The lowest BCUT2D eigenvalue weighted by Gasteiger charge is -2.09. The van der Waals surface area contributed by atoms with Crippen LogP contribution in [0.1, 0.15) is 5.69 Å². The van der Waals surface area contributed by atoms with Gasteiger partial charge in [0.05, 0.1) is 5.02 Å². The Morgan fingerprint density at radius 2 is 2.19 bits per heavy atom. The highest BCUT2D eigenvalue weighted by molar-refractivity contribution is 7.91. The zero-order valence-corrected chi connectivity index (χ0v) is 15.4. The number of hydrogen-bond donors (Lipinski definition) is 4. The van der Waals surface area contributed by atoms with E-state index in [0.29, 0.717) is 18.8 Å². The quantitative estimate of drug-likeness (QED) is 0.181. The largest absolute Gasteiger partial charge is 0.409 e. The van der Waals surface area contributed by atoms with Crippen LogP contribution >= 0.6 is 11.6 Å². The Morgan fingerprint density at radius 3 is 2.85 bits per heavy atom. The summed E-state index contributed by atoms with van der Waals surface area (Å²) in [6.45, 7) is 0.647.